The summed E-state index contributed by atoms with van der Waals surface area (Å²) < 4.78 is 22.0. The third kappa shape index (κ3) is 3.10. The number of carbonyl (C=O) groups is 4. The van der Waals surface area contributed by atoms with E-state index in [1.807, 2.05) is 22.6 Å². The molecule has 0 aromatic carbocycles. The molecule has 10 rings (SSSR count). The van der Waals surface area contributed by atoms with Crippen LogP contribution in [-0.2, 0) is 38.1 Å². The van der Waals surface area contributed by atoms with Gasteiger partial charge in [0.25, 0.3) is 0 Å². The summed E-state index contributed by atoms with van der Waals surface area (Å²) in [4.78, 5) is 52.7. The van der Waals surface area contributed by atoms with Crippen LogP contribution in [-0.4, -0.2) is 73.0 Å². The molecular weight excluding hydrogens is 763 g/mol. The van der Waals surface area contributed by atoms with Gasteiger partial charge < -0.3 is 0 Å². The van der Waals surface area contributed by atoms with Crippen LogP contribution in [0.4, 0.5) is 0 Å². The van der Waals surface area contributed by atoms with E-state index in [2.05, 4.69) is 17.2 Å². The summed E-state index contributed by atoms with van der Waals surface area (Å²) in [5, 5.41) is 4.28. The third-order valence-electron chi connectivity index (χ3n) is 13.8. The molecule has 16 unspecified atom stereocenters. The molecule has 7 saturated carbocycles. The van der Waals surface area contributed by atoms with E-state index < -0.39 is 70.9 Å². The quantitative estimate of drug-likeness (QED) is 0.121. The Hall–Kier alpha value is -0.465. The molecule has 218 valence electrons. The van der Waals surface area contributed by atoms with Gasteiger partial charge in [-0.05, 0) is 73.5 Å². The van der Waals surface area contributed by atoms with Gasteiger partial charge in [-0.2, -0.15) is 0 Å². The monoisotopic (exact) mass is 794 g/mol. The van der Waals surface area contributed by atoms with Crippen LogP contribution in [0.15, 0.2) is 0 Å². The Balaban J connectivity index is 0.850. The number of carbonyl (C=O) groups excluding carboxylic acids is 4. The number of esters is 4. The topological polar surface area (TPSA) is 105 Å². The molecular formula is C29H31B3I2O8. The van der Waals surface area contributed by atoms with Crippen molar-refractivity contribution in [1.82, 2.24) is 0 Å². The second kappa shape index (κ2) is 8.27. The zero-order valence-electron chi connectivity index (χ0n) is 23.3. The van der Waals surface area contributed by atoms with Crippen molar-refractivity contribution >= 4 is 84.0 Å². The van der Waals surface area contributed by atoms with Crippen molar-refractivity contribution in [3.05, 3.63) is 0 Å². The van der Waals surface area contributed by atoms with Gasteiger partial charge in [-0.3, -0.25) is 0 Å². The normalized spacial score (nSPS) is 54.5. The molecule has 42 heavy (non-hydrogen) atoms. The van der Waals surface area contributed by atoms with E-state index in [1.54, 1.807) is 0 Å². The molecule has 10 aliphatic rings. The van der Waals surface area contributed by atoms with E-state index in [1.165, 1.54) is 19.3 Å². The van der Waals surface area contributed by atoms with Gasteiger partial charge in [0.1, 0.15) is 5.60 Å². The average molecular weight is 794 g/mol. The molecule has 0 aromatic heterocycles. The van der Waals surface area contributed by atoms with Crippen molar-refractivity contribution in [2.24, 2.45) is 71.0 Å². The Kier molecular flexibility index (Phi) is 5.26. The van der Waals surface area contributed by atoms with Crippen LogP contribution in [0.25, 0.3) is 0 Å². The standard InChI is InChI=1S/C29H31B3I2O8/c1-2-27(7-13-17-15-9-3-4-10(5-9)16(15)21(27)18(13)17)42-25(37)20-12-6-11-19(20)24(36)41-23(11)22(12)40-14(35)8-39-26(38)28(30,33)29-31-34(29)32-29/h9-13,15-23H,2-8H2,1H3. The molecule has 3 aliphatic heterocycles. The van der Waals surface area contributed by atoms with E-state index in [-0.39, 0.29) is 27.0 Å². The first-order valence-electron chi connectivity index (χ1n) is 15.8. The molecule has 13 heteroatoms. The fourth-order valence-corrected chi connectivity index (χ4v) is 21.0. The number of alkyl halides is 2. The van der Waals surface area contributed by atoms with Gasteiger partial charge in [0.15, 0.2) is 0 Å². The second-order valence-electron chi connectivity index (χ2n) is 15.0. The molecule has 10 fully saturated rings. The minimum atomic E-state index is -1.25. The molecule has 4 bridgehead atoms. The summed E-state index contributed by atoms with van der Waals surface area (Å²) in [6, 6.07) is 0. The van der Waals surface area contributed by atoms with Crippen molar-refractivity contribution in [3.8, 4) is 0 Å². The fraction of sp³-hybridized carbons (Fsp3) is 0.862. The Bertz CT molecular complexity index is 1360. The first kappa shape index (κ1) is 26.7. The predicted octanol–water partition coefficient (Wildman–Crippen LogP) is 2.22. The predicted molar refractivity (Wildman–Crippen MR) is 166 cm³/mol. The summed E-state index contributed by atoms with van der Waals surface area (Å²) in [6.45, 7) is 1.60. The van der Waals surface area contributed by atoms with Crippen LogP contribution in [0.1, 0.15) is 45.4 Å². The SMILES string of the molecule is [B]C(I)(C(=O)OCC(=O)OC1C2CC3C1OC(=O)C3C2C(=O)OC1(CC)CC2C3C4C5CCC(C5)C4C1C23)C12[B]I1[B]2. The summed E-state index contributed by atoms with van der Waals surface area (Å²) in [6.07, 6.45) is 5.13. The third-order valence-corrected chi connectivity index (χ3v) is 21.6. The maximum absolute atomic E-state index is 14.1. The molecule has 3 heterocycles. The van der Waals surface area contributed by atoms with Gasteiger partial charge in [-0.25, -0.2) is 0 Å². The average Bonchev–Trinajstić information content (AvgIpc) is 3.61. The zero-order valence-corrected chi connectivity index (χ0v) is 27.6. The first-order chi connectivity index (χ1) is 20.1. The van der Waals surface area contributed by atoms with E-state index in [4.69, 9.17) is 26.8 Å². The van der Waals surface area contributed by atoms with E-state index >= 15 is 0 Å². The summed E-state index contributed by atoms with van der Waals surface area (Å²) >= 11 is 0.672. The number of rotatable bonds is 8. The second-order valence-corrected chi connectivity index (χ2v) is 21.7. The Morgan fingerprint density at radius 3 is 2.55 bits per heavy atom. The molecule has 0 aromatic rings. The Labute approximate surface area is 267 Å². The number of hydrogen-bond acceptors (Lipinski definition) is 8. The van der Waals surface area contributed by atoms with E-state index in [9.17, 15) is 19.2 Å². The molecule has 7 aliphatic carbocycles. The fourth-order valence-electron chi connectivity index (χ4n) is 12.2. The molecule has 16 atom stereocenters. The van der Waals surface area contributed by atoms with Crippen LogP contribution < -0.4 is 0 Å². The number of halogens is 2. The van der Waals surface area contributed by atoms with E-state index in [0.717, 1.165) is 36.5 Å². The van der Waals surface area contributed by atoms with Crippen LogP contribution in [0.5, 0.6) is 0 Å². The van der Waals surface area contributed by atoms with Crippen LogP contribution in [0.2, 0.25) is 0 Å². The van der Waals surface area contributed by atoms with Gasteiger partial charge in [0, 0.05) is 5.92 Å². The van der Waals surface area contributed by atoms with Crippen molar-refractivity contribution in [2.45, 2.75) is 69.8 Å². The van der Waals surface area contributed by atoms with Crippen molar-refractivity contribution in [1.29, 1.82) is 0 Å². The minimum absolute atomic E-state index is 0.163. The number of fused-ring (bicyclic) bond motifs is 10. The molecule has 3 saturated heterocycles. The van der Waals surface area contributed by atoms with Gasteiger partial charge in [-0.15, -0.1) is 0 Å². The van der Waals surface area contributed by atoms with Crippen LogP contribution in [0.3, 0.4) is 0 Å². The first-order valence-corrected chi connectivity index (χ1v) is 20.4. The summed E-state index contributed by atoms with van der Waals surface area (Å²) in [5.74, 6) is 2.19. The summed E-state index contributed by atoms with van der Waals surface area (Å²) in [7, 11) is 6.25. The van der Waals surface area contributed by atoms with Crippen molar-refractivity contribution in [3.63, 3.8) is 0 Å². The molecule has 0 spiro atoms. The maximum atomic E-state index is 14.1. The Morgan fingerprint density at radius 1 is 1.10 bits per heavy atom. The van der Waals surface area contributed by atoms with Gasteiger partial charge in [-0.1, -0.05) is 6.92 Å². The van der Waals surface area contributed by atoms with Crippen LogP contribution in [0, 0.1) is 71.0 Å². The molecule has 0 N–H and O–H groups in total. The van der Waals surface area contributed by atoms with Crippen molar-refractivity contribution < 1.29 is 38.1 Å². The Morgan fingerprint density at radius 2 is 1.83 bits per heavy atom. The van der Waals surface area contributed by atoms with Crippen molar-refractivity contribution in [2.75, 3.05) is 6.61 Å². The van der Waals surface area contributed by atoms with Gasteiger partial charge in [0.05, 0.1) is 0 Å². The molecule has 4 radical (unpaired) electrons. The molecule has 0 amide bonds. The van der Waals surface area contributed by atoms with Crippen LogP contribution >= 0.6 is 42.0 Å². The summed E-state index contributed by atoms with van der Waals surface area (Å²) in [5.41, 5.74) is -0.440. The molecule has 8 nitrogen and oxygen atoms in total. The number of ether oxygens (including phenoxy) is 4. The van der Waals surface area contributed by atoms with Gasteiger partial charge >= 0.3 is 178 Å². The zero-order chi connectivity index (χ0) is 28.7. The number of hydrogen-bond donors (Lipinski definition) is 0. The van der Waals surface area contributed by atoms with E-state index in [0.29, 0.717) is 30.1 Å². The van der Waals surface area contributed by atoms with Gasteiger partial charge in [0.2, 0.25) is 0 Å².